The number of hydrogen-bond acceptors (Lipinski definition) is 3. The molecule has 0 bridgehead atoms. The van der Waals surface area contributed by atoms with E-state index in [9.17, 15) is 13.5 Å². The molecule has 0 atom stereocenters. The highest BCUT2D eigenvalue weighted by atomic mass is 32.2. The summed E-state index contributed by atoms with van der Waals surface area (Å²) in [6.07, 6.45) is 5.91. The maximum atomic E-state index is 12.1. The first-order chi connectivity index (χ1) is 8.93. The largest absolute Gasteiger partial charge is 0.389 e. The van der Waals surface area contributed by atoms with Crippen LogP contribution in [0.1, 0.15) is 58.8 Å². The Balaban J connectivity index is 2.56. The van der Waals surface area contributed by atoms with Gasteiger partial charge in [0, 0.05) is 19.6 Å². The predicted octanol–water partition coefficient (Wildman–Crippen LogP) is 1.64. The lowest BCUT2D eigenvalue weighted by Gasteiger charge is -2.31. The van der Waals surface area contributed by atoms with E-state index in [2.05, 4.69) is 4.72 Å². The van der Waals surface area contributed by atoms with E-state index >= 15 is 0 Å². The zero-order valence-corrected chi connectivity index (χ0v) is 13.0. The fraction of sp³-hybridized carbons (Fsp3) is 1.00. The molecule has 6 heteroatoms. The Hall–Kier alpha value is -0.170. The molecule has 0 aromatic rings. The SMILES string of the molecule is CCCC(O)(CCC)CNS(=O)(=O)N1CCCCC1. The molecule has 1 rings (SSSR count). The number of aliphatic hydroxyl groups is 1. The minimum absolute atomic E-state index is 0.119. The number of nitrogens with one attached hydrogen (secondary N) is 1. The van der Waals surface area contributed by atoms with E-state index in [1.807, 2.05) is 13.8 Å². The second-order valence-electron chi connectivity index (χ2n) is 5.51. The fourth-order valence-electron chi connectivity index (χ4n) is 2.65. The lowest BCUT2D eigenvalue weighted by atomic mass is 9.93. The van der Waals surface area contributed by atoms with Crippen LogP contribution in [-0.2, 0) is 10.2 Å². The van der Waals surface area contributed by atoms with Crippen molar-refractivity contribution < 1.29 is 13.5 Å². The van der Waals surface area contributed by atoms with Crippen LogP contribution in [0.25, 0.3) is 0 Å². The molecule has 1 heterocycles. The Morgan fingerprint density at radius 1 is 1.11 bits per heavy atom. The van der Waals surface area contributed by atoms with Gasteiger partial charge in [-0.05, 0) is 25.7 Å². The molecule has 1 aliphatic heterocycles. The molecule has 0 aromatic carbocycles. The summed E-state index contributed by atoms with van der Waals surface area (Å²) in [5.41, 5.74) is -0.910. The van der Waals surface area contributed by atoms with Crippen LogP contribution in [0.15, 0.2) is 0 Å². The van der Waals surface area contributed by atoms with Crippen LogP contribution in [0.2, 0.25) is 0 Å². The first kappa shape index (κ1) is 16.9. The minimum atomic E-state index is -3.43. The highest BCUT2D eigenvalue weighted by molar-refractivity contribution is 7.87. The lowest BCUT2D eigenvalue weighted by molar-refractivity contribution is 0.0262. The Morgan fingerprint density at radius 2 is 1.63 bits per heavy atom. The molecule has 0 saturated carbocycles. The van der Waals surface area contributed by atoms with E-state index in [1.54, 1.807) is 0 Å². The van der Waals surface area contributed by atoms with E-state index in [-0.39, 0.29) is 6.54 Å². The van der Waals surface area contributed by atoms with Crippen molar-refractivity contribution in [1.29, 1.82) is 0 Å². The van der Waals surface area contributed by atoms with E-state index in [4.69, 9.17) is 0 Å². The van der Waals surface area contributed by atoms with Crippen molar-refractivity contribution in [2.75, 3.05) is 19.6 Å². The molecule has 114 valence electrons. The maximum absolute atomic E-state index is 12.1. The smallest absolute Gasteiger partial charge is 0.279 e. The van der Waals surface area contributed by atoms with Gasteiger partial charge in [0.1, 0.15) is 0 Å². The van der Waals surface area contributed by atoms with Crippen molar-refractivity contribution in [3.05, 3.63) is 0 Å². The Kier molecular flexibility index (Phi) is 6.73. The topological polar surface area (TPSA) is 69.6 Å². The van der Waals surface area contributed by atoms with Gasteiger partial charge < -0.3 is 5.11 Å². The average Bonchev–Trinajstić information content (AvgIpc) is 2.38. The molecular formula is C13H28N2O3S. The summed E-state index contributed by atoms with van der Waals surface area (Å²) in [6, 6.07) is 0. The summed E-state index contributed by atoms with van der Waals surface area (Å²) >= 11 is 0. The van der Waals surface area contributed by atoms with Crippen molar-refractivity contribution in [3.8, 4) is 0 Å². The number of rotatable bonds is 8. The predicted molar refractivity (Wildman–Crippen MR) is 77.1 cm³/mol. The van der Waals surface area contributed by atoms with Gasteiger partial charge in [0.15, 0.2) is 0 Å². The molecule has 2 N–H and O–H groups in total. The third-order valence-electron chi connectivity index (χ3n) is 3.67. The Bertz CT molecular complexity index is 345. The molecule has 1 saturated heterocycles. The summed E-state index contributed by atoms with van der Waals surface area (Å²) in [6.45, 7) is 5.30. The third-order valence-corrected chi connectivity index (χ3v) is 5.22. The number of piperidine rings is 1. The molecule has 0 spiro atoms. The molecule has 0 aromatic heterocycles. The van der Waals surface area contributed by atoms with Crippen LogP contribution in [0, 0.1) is 0 Å². The highest BCUT2D eigenvalue weighted by Gasteiger charge is 2.30. The van der Waals surface area contributed by atoms with Gasteiger partial charge in [-0.2, -0.15) is 17.4 Å². The van der Waals surface area contributed by atoms with Gasteiger partial charge in [-0.1, -0.05) is 33.1 Å². The molecular weight excluding hydrogens is 264 g/mol. The monoisotopic (exact) mass is 292 g/mol. The molecule has 1 aliphatic rings. The zero-order chi connectivity index (χ0) is 14.4. The molecule has 19 heavy (non-hydrogen) atoms. The quantitative estimate of drug-likeness (QED) is 0.714. The van der Waals surface area contributed by atoms with Gasteiger partial charge in [-0.25, -0.2) is 0 Å². The van der Waals surface area contributed by atoms with Crippen LogP contribution in [0.4, 0.5) is 0 Å². The second kappa shape index (κ2) is 7.57. The van der Waals surface area contributed by atoms with Crippen molar-refractivity contribution in [2.24, 2.45) is 0 Å². The van der Waals surface area contributed by atoms with Crippen LogP contribution in [0.5, 0.6) is 0 Å². The molecule has 0 unspecified atom stereocenters. The van der Waals surface area contributed by atoms with Gasteiger partial charge in [0.25, 0.3) is 10.2 Å². The van der Waals surface area contributed by atoms with E-state index in [0.717, 1.165) is 32.1 Å². The van der Waals surface area contributed by atoms with E-state index in [1.165, 1.54) is 4.31 Å². The second-order valence-corrected chi connectivity index (χ2v) is 7.27. The van der Waals surface area contributed by atoms with Gasteiger partial charge in [0.05, 0.1) is 5.60 Å². The number of nitrogens with zero attached hydrogens (tertiary/aromatic N) is 1. The summed E-state index contributed by atoms with van der Waals surface area (Å²) in [4.78, 5) is 0. The first-order valence-electron chi connectivity index (χ1n) is 7.40. The molecule has 0 amide bonds. The lowest BCUT2D eigenvalue weighted by Crippen LogP contribution is -2.49. The van der Waals surface area contributed by atoms with Crippen molar-refractivity contribution >= 4 is 10.2 Å². The van der Waals surface area contributed by atoms with Crippen LogP contribution >= 0.6 is 0 Å². The van der Waals surface area contributed by atoms with Crippen molar-refractivity contribution in [3.63, 3.8) is 0 Å². The van der Waals surface area contributed by atoms with Gasteiger partial charge in [-0.3, -0.25) is 0 Å². The van der Waals surface area contributed by atoms with E-state index in [0.29, 0.717) is 25.9 Å². The van der Waals surface area contributed by atoms with E-state index < -0.39 is 15.8 Å². The van der Waals surface area contributed by atoms with Crippen LogP contribution in [-0.4, -0.2) is 43.1 Å². The molecule has 5 nitrogen and oxygen atoms in total. The Labute approximate surface area is 117 Å². The van der Waals surface area contributed by atoms with Gasteiger partial charge in [-0.15, -0.1) is 0 Å². The summed E-state index contributed by atoms with van der Waals surface area (Å²) in [7, 11) is -3.43. The highest BCUT2D eigenvalue weighted by Crippen LogP contribution is 2.19. The van der Waals surface area contributed by atoms with Gasteiger partial charge in [0.2, 0.25) is 0 Å². The molecule has 0 radical (unpaired) electrons. The maximum Gasteiger partial charge on any atom is 0.279 e. The van der Waals surface area contributed by atoms with Crippen molar-refractivity contribution in [1.82, 2.24) is 9.03 Å². The molecule has 1 fully saturated rings. The Morgan fingerprint density at radius 3 is 2.11 bits per heavy atom. The summed E-state index contributed by atoms with van der Waals surface area (Å²) in [5.74, 6) is 0. The number of hydrogen-bond donors (Lipinski definition) is 2. The summed E-state index contributed by atoms with van der Waals surface area (Å²) in [5, 5.41) is 10.4. The zero-order valence-electron chi connectivity index (χ0n) is 12.2. The molecule has 0 aliphatic carbocycles. The third kappa shape index (κ3) is 5.38. The van der Waals surface area contributed by atoms with Crippen LogP contribution in [0.3, 0.4) is 0 Å². The summed E-state index contributed by atoms with van der Waals surface area (Å²) < 4.78 is 28.4. The van der Waals surface area contributed by atoms with Crippen molar-refractivity contribution in [2.45, 2.75) is 64.4 Å². The van der Waals surface area contributed by atoms with Gasteiger partial charge >= 0.3 is 0 Å². The average molecular weight is 292 g/mol. The van der Waals surface area contributed by atoms with Crippen LogP contribution < -0.4 is 4.72 Å². The minimum Gasteiger partial charge on any atom is -0.389 e. The fourth-order valence-corrected chi connectivity index (χ4v) is 4.03. The standard InChI is InChI=1S/C13H28N2O3S/c1-3-8-13(16,9-4-2)12-14-19(17,18)15-10-6-5-7-11-15/h14,16H,3-12H2,1-2H3. The normalized spacial score (nSPS) is 18.7. The first-order valence-corrected chi connectivity index (χ1v) is 8.84.